The van der Waals surface area contributed by atoms with Crippen LogP contribution in [0.3, 0.4) is 0 Å². The Bertz CT molecular complexity index is 1450. The van der Waals surface area contributed by atoms with Gasteiger partial charge in [-0.05, 0) is 74.2 Å². The molecule has 0 bridgehead atoms. The number of ether oxygens (including phenoxy) is 2. The molecule has 6 nitrogen and oxygen atoms in total. The summed E-state index contributed by atoms with van der Waals surface area (Å²) in [6.07, 6.45) is 0. The van der Waals surface area contributed by atoms with E-state index in [9.17, 15) is 5.26 Å². The average Bonchev–Trinajstić information content (AvgIpc) is 3.19. The van der Waals surface area contributed by atoms with Crippen LogP contribution < -0.4 is 15.2 Å². The summed E-state index contributed by atoms with van der Waals surface area (Å²) < 4.78 is 15.3. The molecule has 8 heteroatoms. The van der Waals surface area contributed by atoms with Crippen LogP contribution in [0, 0.1) is 18.3 Å². The molecular formula is C27H20Br2N4O2. The molecule has 0 spiro atoms. The lowest BCUT2D eigenvalue weighted by atomic mass is 9.84. The molecule has 0 aliphatic carbocycles. The van der Waals surface area contributed by atoms with Crippen LogP contribution in [0.15, 0.2) is 93.2 Å². The quantitative estimate of drug-likeness (QED) is 0.286. The minimum atomic E-state index is -0.447. The van der Waals surface area contributed by atoms with E-state index in [2.05, 4.69) is 37.9 Å². The second kappa shape index (κ2) is 9.61. The lowest BCUT2D eigenvalue weighted by molar-refractivity contribution is 0.302. The number of hydrogen-bond acceptors (Lipinski definition) is 5. The Morgan fingerprint density at radius 3 is 2.31 bits per heavy atom. The zero-order chi connectivity index (χ0) is 24.5. The Morgan fingerprint density at radius 1 is 1.06 bits per heavy atom. The Balaban J connectivity index is 1.58. The van der Waals surface area contributed by atoms with Crippen molar-refractivity contribution in [3.63, 3.8) is 0 Å². The normalized spacial score (nSPS) is 14.7. The molecule has 0 unspecified atom stereocenters. The predicted octanol–water partition coefficient (Wildman–Crippen LogP) is 6.50. The van der Waals surface area contributed by atoms with Crippen molar-refractivity contribution in [2.75, 3.05) is 0 Å². The summed E-state index contributed by atoms with van der Waals surface area (Å²) in [5.74, 6) is 0.805. The minimum Gasteiger partial charge on any atom is -0.487 e. The van der Waals surface area contributed by atoms with Gasteiger partial charge in [0, 0.05) is 0 Å². The fourth-order valence-corrected chi connectivity index (χ4v) is 5.66. The van der Waals surface area contributed by atoms with Gasteiger partial charge in [-0.25, -0.2) is 4.68 Å². The largest absolute Gasteiger partial charge is 0.487 e. The van der Waals surface area contributed by atoms with Crippen LogP contribution in [-0.4, -0.2) is 9.78 Å². The molecule has 0 saturated carbocycles. The maximum Gasteiger partial charge on any atom is 0.229 e. The Morgan fingerprint density at radius 2 is 1.69 bits per heavy atom. The van der Waals surface area contributed by atoms with Crippen molar-refractivity contribution >= 4 is 31.9 Å². The van der Waals surface area contributed by atoms with Crippen molar-refractivity contribution in [2.45, 2.75) is 19.4 Å². The summed E-state index contributed by atoms with van der Waals surface area (Å²) in [6.45, 7) is 2.34. The molecular weight excluding hydrogens is 572 g/mol. The summed E-state index contributed by atoms with van der Waals surface area (Å²) in [6, 6.07) is 25.8. The van der Waals surface area contributed by atoms with Gasteiger partial charge in [0.2, 0.25) is 11.8 Å². The third-order valence-electron chi connectivity index (χ3n) is 5.81. The number of hydrogen-bond donors (Lipinski definition) is 1. The summed E-state index contributed by atoms with van der Waals surface area (Å²) in [5, 5.41) is 14.7. The van der Waals surface area contributed by atoms with Crippen molar-refractivity contribution in [1.82, 2.24) is 9.78 Å². The standard InChI is InChI=1S/C27H20Br2N4O2/c1-16-23-24(18-12-21(28)25(22(29)13-18)34-15-17-8-4-2-5-9-17)20(14-30)26(31)35-27(23)33(32-16)19-10-6-3-7-11-19/h2-13,24H,15,31H2,1H3/t24-/m1/s1. The van der Waals surface area contributed by atoms with E-state index >= 15 is 0 Å². The van der Waals surface area contributed by atoms with Gasteiger partial charge in [0.15, 0.2) is 0 Å². The van der Waals surface area contributed by atoms with E-state index in [4.69, 9.17) is 20.3 Å². The van der Waals surface area contributed by atoms with E-state index < -0.39 is 5.92 Å². The highest BCUT2D eigenvalue weighted by atomic mass is 79.9. The van der Waals surface area contributed by atoms with Crippen LogP contribution in [0.4, 0.5) is 0 Å². The van der Waals surface area contributed by atoms with E-state index in [0.717, 1.165) is 37.0 Å². The number of nitrogens with two attached hydrogens (primary N) is 1. The number of benzene rings is 3. The highest BCUT2D eigenvalue weighted by molar-refractivity contribution is 9.11. The van der Waals surface area contributed by atoms with Crippen LogP contribution in [-0.2, 0) is 6.61 Å². The van der Waals surface area contributed by atoms with Gasteiger partial charge in [0.1, 0.15) is 24.0 Å². The first-order valence-electron chi connectivity index (χ1n) is 10.9. The molecule has 1 aliphatic rings. The zero-order valence-corrected chi connectivity index (χ0v) is 21.9. The van der Waals surface area contributed by atoms with E-state index in [-0.39, 0.29) is 5.88 Å². The van der Waals surface area contributed by atoms with Gasteiger partial charge < -0.3 is 15.2 Å². The summed E-state index contributed by atoms with van der Waals surface area (Å²) in [7, 11) is 0. The minimum absolute atomic E-state index is 0.0683. The highest BCUT2D eigenvalue weighted by Crippen LogP contribution is 2.47. The monoisotopic (exact) mass is 590 g/mol. The number of nitriles is 1. The molecule has 1 aliphatic heterocycles. The zero-order valence-electron chi connectivity index (χ0n) is 18.7. The molecule has 35 heavy (non-hydrogen) atoms. The van der Waals surface area contributed by atoms with Gasteiger partial charge in [-0.15, -0.1) is 0 Å². The van der Waals surface area contributed by atoms with Crippen molar-refractivity contribution in [1.29, 1.82) is 5.26 Å². The van der Waals surface area contributed by atoms with Gasteiger partial charge >= 0.3 is 0 Å². The third-order valence-corrected chi connectivity index (χ3v) is 6.99. The predicted molar refractivity (Wildman–Crippen MR) is 140 cm³/mol. The summed E-state index contributed by atoms with van der Waals surface area (Å²) >= 11 is 7.32. The number of halogens is 2. The molecule has 0 saturated heterocycles. The molecule has 0 fully saturated rings. The summed E-state index contributed by atoms with van der Waals surface area (Å²) in [5.41, 5.74) is 10.9. The topological polar surface area (TPSA) is 86.1 Å². The molecule has 3 aromatic carbocycles. The molecule has 4 aromatic rings. The molecule has 2 N–H and O–H groups in total. The van der Waals surface area contributed by atoms with Crippen molar-refractivity contribution in [2.24, 2.45) is 5.73 Å². The number of aryl methyl sites for hydroxylation is 1. The molecule has 5 rings (SSSR count). The van der Waals surface area contributed by atoms with Crippen molar-refractivity contribution in [3.05, 3.63) is 116 Å². The maximum absolute atomic E-state index is 9.99. The van der Waals surface area contributed by atoms with Crippen molar-refractivity contribution in [3.8, 4) is 23.4 Å². The molecule has 174 valence electrons. The van der Waals surface area contributed by atoms with Gasteiger partial charge in [-0.3, -0.25) is 0 Å². The van der Waals surface area contributed by atoms with Crippen LogP contribution in [0.25, 0.3) is 5.69 Å². The Hall–Kier alpha value is -3.54. The van der Waals surface area contributed by atoms with Gasteiger partial charge in [0.25, 0.3) is 0 Å². The fourth-order valence-electron chi connectivity index (χ4n) is 4.21. The Labute approximate surface area is 219 Å². The lowest BCUT2D eigenvalue weighted by Gasteiger charge is -2.25. The van der Waals surface area contributed by atoms with Gasteiger partial charge in [-0.2, -0.15) is 10.4 Å². The molecule has 0 radical (unpaired) electrons. The number of rotatable bonds is 5. The van der Waals surface area contributed by atoms with Gasteiger partial charge in [-0.1, -0.05) is 48.5 Å². The van der Waals surface area contributed by atoms with Crippen molar-refractivity contribution < 1.29 is 9.47 Å². The van der Waals surface area contributed by atoms with E-state index in [0.29, 0.717) is 23.8 Å². The van der Waals surface area contributed by atoms with Crippen LogP contribution in [0.1, 0.15) is 28.3 Å². The van der Waals surface area contributed by atoms with E-state index in [1.54, 1.807) is 4.68 Å². The van der Waals surface area contributed by atoms with Crippen LogP contribution in [0.5, 0.6) is 11.6 Å². The number of para-hydroxylation sites is 1. The molecule has 1 atom stereocenters. The maximum atomic E-state index is 9.99. The first-order chi connectivity index (χ1) is 17.0. The fraction of sp³-hybridized carbons (Fsp3) is 0.111. The number of allylic oxidation sites excluding steroid dienone is 1. The first kappa shape index (κ1) is 23.2. The smallest absolute Gasteiger partial charge is 0.229 e. The average molecular weight is 592 g/mol. The highest BCUT2D eigenvalue weighted by Gasteiger charge is 2.36. The first-order valence-corrected chi connectivity index (χ1v) is 12.4. The second-order valence-electron chi connectivity index (χ2n) is 8.06. The SMILES string of the molecule is Cc1nn(-c2ccccc2)c2c1[C@H](c1cc(Br)c(OCc3ccccc3)c(Br)c1)C(C#N)=C(N)O2. The lowest BCUT2D eigenvalue weighted by Crippen LogP contribution is -2.22. The molecule has 1 aromatic heterocycles. The molecule has 2 heterocycles. The van der Waals surface area contributed by atoms with Gasteiger partial charge in [0.05, 0.1) is 31.8 Å². The second-order valence-corrected chi connectivity index (χ2v) is 9.77. The van der Waals surface area contributed by atoms with E-state index in [1.165, 1.54) is 0 Å². The third kappa shape index (κ3) is 4.33. The van der Waals surface area contributed by atoms with Crippen LogP contribution >= 0.6 is 31.9 Å². The van der Waals surface area contributed by atoms with Crippen LogP contribution in [0.2, 0.25) is 0 Å². The number of aromatic nitrogens is 2. The number of fused-ring (bicyclic) bond motifs is 1. The Kier molecular flexibility index (Phi) is 6.37. The number of nitrogens with zero attached hydrogens (tertiary/aromatic N) is 3. The van der Waals surface area contributed by atoms with E-state index in [1.807, 2.05) is 79.7 Å². The molecule has 0 amide bonds. The summed E-state index contributed by atoms with van der Waals surface area (Å²) in [4.78, 5) is 0.